The maximum Gasteiger partial charge on any atom is 0.235 e. The van der Waals surface area contributed by atoms with E-state index in [1.807, 2.05) is 13.1 Å². The molecule has 1 aliphatic heterocycles. The molecule has 0 aromatic carbocycles. The van der Waals surface area contributed by atoms with Crippen LogP contribution in [-0.4, -0.2) is 58.5 Å². The minimum absolute atomic E-state index is 0.0401. The van der Waals surface area contributed by atoms with Crippen molar-refractivity contribution in [1.29, 1.82) is 0 Å². The smallest absolute Gasteiger partial charge is 0.235 e. The molecule has 0 aliphatic carbocycles. The van der Waals surface area contributed by atoms with Crippen molar-refractivity contribution in [3.8, 4) is 0 Å². The number of rotatable bonds is 11. The largest absolute Gasteiger partial charge is 0.382 e. The zero-order chi connectivity index (χ0) is 21.5. The van der Waals surface area contributed by atoms with Crippen LogP contribution in [0.5, 0.6) is 0 Å². The summed E-state index contributed by atoms with van der Waals surface area (Å²) >= 11 is 1.62. The summed E-state index contributed by atoms with van der Waals surface area (Å²) in [6.07, 6.45) is 4.91. The van der Waals surface area contributed by atoms with Crippen molar-refractivity contribution in [3.05, 3.63) is 35.4 Å². The van der Waals surface area contributed by atoms with Crippen LogP contribution in [0.15, 0.2) is 18.3 Å². The van der Waals surface area contributed by atoms with Gasteiger partial charge >= 0.3 is 0 Å². The second-order valence-corrected chi connectivity index (χ2v) is 9.14. The van der Waals surface area contributed by atoms with Gasteiger partial charge in [0, 0.05) is 37.8 Å². The molecule has 0 bridgehead atoms. The summed E-state index contributed by atoms with van der Waals surface area (Å²) in [6.45, 7) is 7.32. The Bertz CT molecular complexity index is 779. The molecular formula is C21H33N5O3S. The van der Waals surface area contributed by atoms with Gasteiger partial charge in [-0.25, -0.2) is 0 Å². The number of methoxy groups -OCH3 is 2. The van der Waals surface area contributed by atoms with E-state index in [0.29, 0.717) is 24.4 Å². The summed E-state index contributed by atoms with van der Waals surface area (Å²) < 4.78 is 22.5. The number of hydrogen-bond donors (Lipinski definition) is 1. The Hall–Kier alpha value is -1.68. The first kappa shape index (κ1) is 23.0. The highest BCUT2D eigenvalue weighted by molar-refractivity contribution is 8.01. The predicted octanol–water partition coefficient (Wildman–Crippen LogP) is 3.75. The number of nitrogens with one attached hydrogen (secondary N) is 1. The number of anilines is 1. The molecule has 0 saturated carbocycles. The molecule has 1 saturated heterocycles. The SMILES string of the molecule is COCC(COC)n1c(NSC(C)Cc2ccc(C)cn2)nnc1C1CCC(C)O1. The molecule has 166 valence electrons. The predicted molar refractivity (Wildman–Crippen MR) is 119 cm³/mol. The van der Waals surface area contributed by atoms with E-state index in [9.17, 15) is 0 Å². The van der Waals surface area contributed by atoms with Gasteiger partial charge in [-0.2, -0.15) is 0 Å². The molecule has 1 aliphatic rings. The zero-order valence-electron chi connectivity index (χ0n) is 18.5. The van der Waals surface area contributed by atoms with Crippen LogP contribution in [0, 0.1) is 6.92 Å². The average Bonchev–Trinajstić information content (AvgIpc) is 3.34. The molecule has 8 nitrogen and oxygen atoms in total. The van der Waals surface area contributed by atoms with Crippen molar-refractivity contribution in [1.82, 2.24) is 19.7 Å². The van der Waals surface area contributed by atoms with Crippen LogP contribution >= 0.6 is 11.9 Å². The Balaban J connectivity index is 1.73. The lowest BCUT2D eigenvalue weighted by molar-refractivity contribution is 0.0406. The first-order valence-electron chi connectivity index (χ1n) is 10.4. The monoisotopic (exact) mass is 435 g/mol. The van der Waals surface area contributed by atoms with Crippen LogP contribution in [0.1, 0.15) is 55.9 Å². The molecule has 3 rings (SSSR count). The van der Waals surface area contributed by atoms with Crippen molar-refractivity contribution >= 4 is 17.9 Å². The van der Waals surface area contributed by atoms with Gasteiger partial charge in [0.05, 0.1) is 25.4 Å². The number of hydrogen-bond acceptors (Lipinski definition) is 8. The van der Waals surface area contributed by atoms with Crippen molar-refractivity contribution < 1.29 is 14.2 Å². The molecule has 30 heavy (non-hydrogen) atoms. The number of nitrogens with zero attached hydrogens (tertiary/aromatic N) is 4. The summed E-state index contributed by atoms with van der Waals surface area (Å²) in [7, 11) is 3.39. The fourth-order valence-corrected chi connectivity index (χ4v) is 4.34. The Morgan fingerprint density at radius 2 is 2.00 bits per heavy atom. The van der Waals surface area contributed by atoms with E-state index in [4.69, 9.17) is 14.2 Å². The van der Waals surface area contributed by atoms with Gasteiger partial charge in [0.25, 0.3) is 0 Å². The Morgan fingerprint density at radius 1 is 1.23 bits per heavy atom. The highest BCUT2D eigenvalue weighted by Crippen LogP contribution is 2.34. The van der Waals surface area contributed by atoms with Crippen LogP contribution in [-0.2, 0) is 20.6 Å². The van der Waals surface area contributed by atoms with E-state index in [1.54, 1.807) is 26.2 Å². The zero-order valence-corrected chi connectivity index (χ0v) is 19.3. The van der Waals surface area contributed by atoms with Crippen molar-refractivity contribution in [3.63, 3.8) is 0 Å². The number of ether oxygens (including phenoxy) is 3. The second-order valence-electron chi connectivity index (χ2n) is 7.89. The molecule has 0 spiro atoms. The van der Waals surface area contributed by atoms with Crippen LogP contribution < -0.4 is 4.72 Å². The Kier molecular flexibility index (Phi) is 8.50. The third-order valence-electron chi connectivity index (χ3n) is 5.15. The molecule has 1 fully saturated rings. The Labute approximate surface area is 183 Å². The lowest BCUT2D eigenvalue weighted by Crippen LogP contribution is -2.24. The van der Waals surface area contributed by atoms with Crippen molar-refractivity contribution in [2.24, 2.45) is 0 Å². The maximum atomic E-state index is 6.07. The summed E-state index contributed by atoms with van der Waals surface area (Å²) in [5, 5.41) is 9.22. The molecule has 1 N–H and O–H groups in total. The van der Waals surface area contributed by atoms with Gasteiger partial charge in [-0.3, -0.25) is 14.3 Å². The summed E-state index contributed by atoms with van der Waals surface area (Å²) in [5.41, 5.74) is 2.25. The molecule has 3 heterocycles. The highest BCUT2D eigenvalue weighted by atomic mass is 32.2. The van der Waals surface area contributed by atoms with Gasteiger partial charge in [-0.05, 0) is 50.3 Å². The topological polar surface area (TPSA) is 83.3 Å². The van der Waals surface area contributed by atoms with E-state index in [0.717, 1.165) is 30.8 Å². The van der Waals surface area contributed by atoms with E-state index >= 15 is 0 Å². The molecule has 2 aromatic heterocycles. The lowest BCUT2D eigenvalue weighted by atomic mass is 10.2. The van der Waals surface area contributed by atoms with Crippen molar-refractivity contribution in [2.45, 2.75) is 63.5 Å². The molecule has 0 radical (unpaired) electrons. The minimum Gasteiger partial charge on any atom is -0.382 e. The fourth-order valence-electron chi connectivity index (χ4n) is 3.64. The molecule has 9 heteroatoms. The quantitative estimate of drug-likeness (QED) is 0.535. The van der Waals surface area contributed by atoms with Gasteiger partial charge in [-0.15, -0.1) is 10.2 Å². The van der Waals surface area contributed by atoms with Crippen LogP contribution in [0.3, 0.4) is 0 Å². The molecule has 0 amide bonds. The van der Waals surface area contributed by atoms with E-state index < -0.39 is 0 Å². The first-order chi connectivity index (χ1) is 14.5. The minimum atomic E-state index is -0.0570. The van der Waals surface area contributed by atoms with E-state index in [-0.39, 0.29) is 18.2 Å². The molecular weight excluding hydrogens is 402 g/mol. The van der Waals surface area contributed by atoms with Gasteiger partial charge in [0.15, 0.2) is 5.82 Å². The Morgan fingerprint density at radius 3 is 2.60 bits per heavy atom. The first-order valence-corrected chi connectivity index (χ1v) is 11.3. The second kappa shape index (κ2) is 11.1. The third kappa shape index (κ3) is 5.94. The molecule has 3 atom stereocenters. The van der Waals surface area contributed by atoms with Gasteiger partial charge in [0.1, 0.15) is 6.10 Å². The van der Waals surface area contributed by atoms with E-state index in [2.05, 4.69) is 50.5 Å². The summed E-state index contributed by atoms with van der Waals surface area (Å²) in [6, 6.07) is 4.14. The number of aryl methyl sites for hydroxylation is 1. The van der Waals surface area contributed by atoms with Crippen LogP contribution in [0.2, 0.25) is 0 Å². The normalized spacial score (nSPS) is 20.1. The maximum absolute atomic E-state index is 6.07. The van der Waals surface area contributed by atoms with Crippen LogP contribution in [0.25, 0.3) is 0 Å². The van der Waals surface area contributed by atoms with Crippen molar-refractivity contribution in [2.75, 3.05) is 32.2 Å². The number of pyridine rings is 1. The van der Waals surface area contributed by atoms with E-state index in [1.165, 1.54) is 5.56 Å². The summed E-state index contributed by atoms with van der Waals surface area (Å²) in [4.78, 5) is 4.51. The number of aromatic nitrogens is 4. The fraction of sp³-hybridized carbons (Fsp3) is 0.667. The standard InChI is InChI=1S/C21H33N5O3S/c1-14-6-8-17(22-11-14)10-16(3)30-25-21-24-23-20(19-9-7-15(2)29-19)26(21)18(12-27-4)13-28-5/h6,8,11,15-16,18-19H,7,9-10,12-13H2,1-5H3,(H,24,25). The molecule has 3 unspecified atom stereocenters. The van der Waals surface area contributed by atoms with Crippen LogP contribution in [0.4, 0.5) is 5.95 Å². The van der Waals surface area contributed by atoms with Gasteiger partial charge in [-0.1, -0.05) is 13.0 Å². The van der Waals surface area contributed by atoms with Gasteiger partial charge < -0.3 is 14.2 Å². The lowest BCUT2D eigenvalue weighted by Gasteiger charge is -2.23. The average molecular weight is 436 g/mol. The molecule has 2 aromatic rings. The highest BCUT2D eigenvalue weighted by Gasteiger charge is 2.31. The summed E-state index contributed by atoms with van der Waals surface area (Å²) in [5.74, 6) is 1.52. The third-order valence-corrected chi connectivity index (χ3v) is 6.02. The van der Waals surface area contributed by atoms with Gasteiger partial charge in [0.2, 0.25) is 5.95 Å².